The Morgan fingerprint density at radius 2 is 2.16 bits per heavy atom. The fraction of sp³-hybridized carbons (Fsp3) is 0.273. The van der Waals surface area contributed by atoms with Crippen LogP contribution in [0, 0.1) is 17.1 Å². The highest BCUT2D eigenvalue weighted by Gasteiger charge is 2.38. The molecule has 1 fully saturated rings. The van der Waals surface area contributed by atoms with Crippen molar-refractivity contribution >= 4 is 21.6 Å². The fourth-order valence-corrected chi connectivity index (χ4v) is 2.71. The average Bonchev–Trinajstić information content (AvgIpc) is 2.70. The summed E-state index contributed by atoms with van der Waals surface area (Å²) in [7, 11) is -3.85. The monoisotopic (exact) mass is 283 g/mol. The molecule has 1 saturated heterocycles. The number of nitriles is 1. The summed E-state index contributed by atoms with van der Waals surface area (Å²) < 4.78 is 35.9. The van der Waals surface area contributed by atoms with Crippen LogP contribution < -0.4 is 10.0 Å². The zero-order chi connectivity index (χ0) is 14.2. The lowest BCUT2D eigenvalue weighted by atomic mass is 10.1. The molecule has 1 aromatic carbocycles. The van der Waals surface area contributed by atoms with Crippen LogP contribution in [0.4, 0.5) is 10.1 Å². The molecular formula is C11H10FN3O3S. The molecule has 0 radical (unpaired) electrons. The van der Waals surface area contributed by atoms with Crippen LogP contribution in [0.15, 0.2) is 18.2 Å². The third-order valence-corrected chi connectivity index (χ3v) is 4.19. The van der Waals surface area contributed by atoms with Crippen molar-refractivity contribution in [2.24, 2.45) is 5.14 Å². The van der Waals surface area contributed by atoms with Gasteiger partial charge in [0.05, 0.1) is 5.69 Å². The number of rotatable bonds is 2. The molecule has 0 aliphatic carbocycles. The van der Waals surface area contributed by atoms with E-state index in [4.69, 9.17) is 10.4 Å². The minimum Gasteiger partial charge on any atom is -0.310 e. The first-order chi connectivity index (χ1) is 8.84. The third kappa shape index (κ3) is 2.43. The number of hydrogen-bond acceptors (Lipinski definition) is 4. The normalized spacial score (nSPS) is 19.5. The molecule has 6 nitrogen and oxygen atoms in total. The van der Waals surface area contributed by atoms with Crippen molar-refractivity contribution < 1.29 is 17.6 Å². The molecule has 1 atom stereocenters. The molecule has 2 rings (SSSR count). The van der Waals surface area contributed by atoms with Crippen molar-refractivity contribution in [3.05, 3.63) is 29.6 Å². The van der Waals surface area contributed by atoms with Crippen LogP contribution >= 0.6 is 0 Å². The summed E-state index contributed by atoms with van der Waals surface area (Å²) in [5.74, 6) is -1.26. The van der Waals surface area contributed by atoms with Crippen molar-refractivity contribution in [1.29, 1.82) is 5.26 Å². The molecular weight excluding hydrogens is 273 g/mol. The van der Waals surface area contributed by atoms with Crippen LogP contribution in [0.2, 0.25) is 0 Å². The quantitative estimate of drug-likeness (QED) is 0.830. The zero-order valence-corrected chi connectivity index (χ0v) is 10.5. The molecule has 2 N–H and O–H groups in total. The molecule has 1 amide bonds. The second-order valence-electron chi connectivity index (χ2n) is 4.17. The highest BCUT2D eigenvalue weighted by Crippen LogP contribution is 2.28. The number of nitrogens with two attached hydrogens (primary N) is 1. The topological polar surface area (TPSA) is 104 Å². The van der Waals surface area contributed by atoms with Gasteiger partial charge < -0.3 is 4.90 Å². The van der Waals surface area contributed by atoms with Gasteiger partial charge in [0.1, 0.15) is 22.7 Å². The standard InChI is InChI=1S/C11H10FN3O3S/c12-9-2-1-3-10(8(9)5-13)15-6-7(4-11(15)16)19(14,17)18/h1-3,7H,4,6H2,(H2,14,17,18). The Kier molecular flexibility index (Phi) is 3.26. The predicted octanol–water partition coefficient (Wildman–Crippen LogP) is 0.0912. The van der Waals surface area contributed by atoms with Crippen LogP contribution in [0.1, 0.15) is 12.0 Å². The zero-order valence-electron chi connectivity index (χ0n) is 9.71. The Bertz CT molecular complexity index is 681. The van der Waals surface area contributed by atoms with Crippen molar-refractivity contribution in [2.75, 3.05) is 11.4 Å². The second-order valence-corrected chi connectivity index (χ2v) is 6.01. The first kappa shape index (κ1) is 13.5. The van der Waals surface area contributed by atoms with Gasteiger partial charge in [-0.25, -0.2) is 17.9 Å². The SMILES string of the molecule is N#Cc1c(F)cccc1N1CC(S(N)(=O)=O)CC1=O. The van der Waals surface area contributed by atoms with Crippen LogP contribution in [-0.4, -0.2) is 26.1 Å². The number of carbonyl (C=O) groups is 1. The molecule has 0 bridgehead atoms. The van der Waals surface area contributed by atoms with E-state index in [2.05, 4.69) is 0 Å². The van der Waals surface area contributed by atoms with Gasteiger partial charge in [0.15, 0.2) is 0 Å². The summed E-state index contributed by atoms with van der Waals surface area (Å²) in [4.78, 5) is 12.9. The number of amides is 1. The maximum atomic E-state index is 13.5. The minimum atomic E-state index is -3.85. The maximum Gasteiger partial charge on any atom is 0.228 e. The van der Waals surface area contributed by atoms with Crippen molar-refractivity contribution in [1.82, 2.24) is 0 Å². The van der Waals surface area contributed by atoms with Gasteiger partial charge in [-0.05, 0) is 12.1 Å². The highest BCUT2D eigenvalue weighted by molar-refractivity contribution is 7.89. The molecule has 1 aliphatic heterocycles. The lowest BCUT2D eigenvalue weighted by Crippen LogP contribution is -2.32. The lowest BCUT2D eigenvalue weighted by Gasteiger charge is -2.17. The Morgan fingerprint density at radius 3 is 2.68 bits per heavy atom. The molecule has 0 spiro atoms. The molecule has 19 heavy (non-hydrogen) atoms. The first-order valence-electron chi connectivity index (χ1n) is 5.35. The predicted molar refractivity (Wildman–Crippen MR) is 65.0 cm³/mol. The van der Waals surface area contributed by atoms with E-state index >= 15 is 0 Å². The summed E-state index contributed by atoms with van der Waals surface area (Å²) in [6.07, 6.45) is -0.264. The largest absolute Gasteiger partial charge is 0.310 e. The third-order valence-electron chi connectivity index (χ3n) is 2.95. The van der Waals surface area contributed by atoms with Gasteiger partial charge in [-0.1, -0.05) is 6.07 Å². The van der Waals surface area contributed by atoms with E-state index < -0.39 is 27.0 Å². The summed E-state index contributed by atoms with van der Waals surface area (Å²) >= 11 is 0. The Balaban J connectivity index is 2.43. The minimum absolute atomic E-state index is 0.0682. The summed E-state index contributed by atoms with van der Waals surface area (Å²) in [6.45, 7) is -0.171. The van der Waals surface area contributed by atoms with Gasteiger partial charge >= 0.3 is 0 Å². The van der Waals surface area contributed by atoms with Gasteiger partial charge in [0.2, 0.25) is 15.9 Å². The molecule has 1 heterocycles. The number of carbonyl (C=O) groups excluding carboxylic acids is 1. The summed E-state index contributed by atoms with van der Waals surface area (Å²) in [5, 5.41) is 12.9. The van der Waals surface area contributed by atoms with Gasteiger partial charge in [0.25, 0.3) is 0 Å². The van der Waals surface area contributed by atoms with E-state index in [0.29, 0.717) is 0 Å². The van der Waals surface area contributed by atoms with Crippen LogP contribution in [0.25, 0.3) is 0 Å². The van der Waals surface area contributed by atoms with Gasteiger partial charge in [-0.15, -0.1) is 0 Å². The Labute approximate surface area is 109 Å². The number of primary sulfonamides is 1. The lowest BCUT2D eigenvalue weighted by molar-refractivity contribution is -0.117. The van der Waals surface area contributed by atoms with Crippen molar-refractivity contribution in [3.63, 3.8) is 0 Å². The average molecular weight is 283 g/mol. The van der Waals surface area contributed by atoms with Crippen LogP contribution in [0.5, 0.6) is 0 Å². The van der Waals surface area contributed by atoms with E-state index in [0.717, 1.165) is 11.0 Å². The van der Waals surface area contributed by atoms with E-state index in [1.807, 2.05) is 0 Å². The van der Waals surface area contributed by atoms with E-state index in [1.165, 1.54) is 12.1 Å². The van der Waals surface area contributed by atoms with Crippen molar-refractivity contribution in [2.45, 2.75) is 11.7 Å². The molecule has 0 saturated carbocycles. The van der Waals surface area contributed by atoms with E-state index in [9.17, 15) is 17.6 Å². The number of nitrogens with zero attached hydrogens (tertiary/aromatic N) is 2. The van der Waals surface area contributed by atoms with Crippen LogP contribution in [0.3, 0.4) is 0 Å². The van der Waals surface area contributed by atoms with E-state index in [-0.39, 0.29) is 24.2 Å². The fourth-order valence-electron chi connectivity index (χ4n) is 1.98. The number of sulfonamides is 1. The van der Waals surface area contributed by atoms with Crippen LogP contribution in [-0.2, 0) is 14.8 Å². The molecule has 0 aromatic heterocycles. The smallest absolute Gasteiger partial charge is 0.228 e. The number of hydrogen-bond donors (Lipinski definition) is 1. The van der Waals surface area contributed by atoms with Gasteiger partial charge in [-0.3, -0.25) is 4.79 Å². The Hall–Kier alpha value is -1.98. The maximum absolute atomic E-state index is 13.5. The Morgan fingerprint density at radius 1 is 1.47 bits per heavy atom. The van der Waals surface area contributed by atoms with Gasteiger partial charge in [0, 0.05) is 13.0 Å². The van der Waals surface area contributed by atoms with E-state index in [1.54, 1.807) is 6.07 Å². The first-order valence-corrected chi connectivity index (χ1v) is 6.96. The molecule has 100 valence electrons. The number of benzene rings is 1. The molecule has 1 unspecified atom stereocenters. The molecule has 1 aromatic rings. The molecule has 1 aliphatic rings. The van der Waals surface area contributed by atoms with Gasteiger partial charge in [-0.2, -0.15) is 5.26 Å². The molecule has 8 heteroatoms. The summed E-state index contributed by atoms with van der Waals surface area (Å²) in [5.41, 5.74) is -0.218. The van der Waals surface area contributed by atoms with Crippen molar-refractivity contribution in [3.8, 4) is 6.07 Å². The number of halogens is 1. The number of anilines is 1. The second kappa shape index (κ2) is 4.60. The summed E-state index contributed by atoms with van der Waals surface area (Å²) in [6, 6.07) is 5.51. The highest BCUT2D eigenvalue weighted by atomic mass is 32.2.